The van der Waals surface area contributed by atoms with E-state index in [1.165, 1.54) is 4.88 Å². The summed E-state index contributed by atoms with van der Waals surface area (Å²) in [6.07, 6.45) is 0.923. The molecule has 31 heavy (non-hydrogen) atoms. The molecule has 1 aliphatic heterocycles. The Morgan fingerprint density at radius 3 is 2.61 bits per heavy atom. The SMILES string of the molecule is CCc1cc([C@H](c2cccc(OC)c2)N2CCOCC2)c(NC(=O)c2ccccc2)s1. The molecular formula is C25H28N2O3S. The largest absolute Gasteiger partial charge is 0.497 e. The van der Waals surface area contributed by atoms with Crippen molar-refractivity contribution < 1.29 is 14.3 Å². The first kappa shape index (κ1) is 21.6. The van der Waals surface area contributed by atoms with E-state index in [4.69, 9.17) is 9.47 Å². The second kappa shape index (κ2) is 10.1. The van der Waals surface area contributed by atoms with Gasteiger partial charge in [0.15, 0.2) is 0 Å². The van der Waals surface area contributed by atoms with Crippen molar-refractivity contribution in [3.63, 3.8) is 0 Å². The molecule has 1 aromatic heterocycles. The van der Waals surface area contributed by atoms with Crippen LogP contribution in [-0.4, -0.2) is 44.2 Å². The predicted molar refractivity (Wildman–Crippen MR) is 125 cm³/mol. The van der Waals surface area contributed by atoms with Crippen molar-refractivity contribution in [1.82, 2.24) is 4.90 Å². The van der Waals surface area contributed by atoms with Crippen LogP contribution in [0.25, 0.3) is 0 Å². The molecule has 2 aromatic carbocycles. The van der Waals surface area contributed by atoms with Crippen LogP contribution in [-0.2, 0) is 11.2 Å². The molecule has 0 radical (unpaired) electrons. The third-order valence-electron chi connectivity index (χ3n) is 5.54. The van der Waals surface area contributed by atoms with E-state index in [-0.39, 0.29) is 11.9 Å². The number of amides is 1. The summed E-state index contributed by atoms with van der Waals surface area (Å²) in [5.41, 5.74) is 2.93. The van der Waals surface area contributed by atoms with Crippen LogP contribution in [0.1, 0.15) is 39.3 Å². The Labute approximate surface area is 187 Å². The molecule has 2 heterocycles. The molecule has 0 spiro atoms. The van der Waals surface area contributed by atoms with E-state index >= 15 is 0 Å². The van der Waals surface area contributed by atoms with E-state index in [0.29, 0.717) is 18.8 Å². The van der Waals surface area contributed by atoms with Gasteiger partial charge in [-0.2, -0.15) is 0 Å². The van der Waals surface area contributed by atoms with Gasteiger partial charge >= 0.3 is 0 Å². The molecular weight excluding hydrogens is 408 g/mol. The van der Waals surface area contributed by atoms with Gasteiger partial charge in [0.25, 0.3) is 5.91 Å². The molecule has 0 saturated carbocycles. The van der Waals surface area contributed by atoms with Gasteiger partial charge in [-0.05, 0) is 42.3 Å². The minimum Gasteiger partial charge on any atom is -0.497 e. The topological polar surface area (TPSA) is 50.8 Å². The van der Waals surface area contributed by atoms with Gasteiger partial charge in [0, 0.05) is 29.1 Å². The van der Waals surface area contributed by atoms with E-state index in [1.807, 2.05) is 42.5 Å². The molecule has 162 valence electrons. The molecule has 0 bridgehead atoms. The number of hydrogen-bond donors (Lipinski definition) is 1. The van der Waals surface area contributed by atoms with Crippen LogP contribution in [0.2, 0.25) is 0 Å². The van der Waals surface area contributed by atoms with Crippen LogP contribution in [0.3, 0.4) is 0 Å². The van der Waals surface area contributed by atoms with Crippen molar-refractivity contribution >= 4 is 22.2 Å². The predicted octanol–water partition coefficient (Wildman–Crippen LogP) is 4.99. The van der Waals surface area contributed by atoms with Crippen LogP contribution in [0, 0.1) is 0 Å². The van der Waals surface area contributed by atoms with Crippen LogP contribution in [0.4, 0.5) is 5.00 Å². The van der Waals surface area contributed by atoms with Gasteiger partial charge in [-0.25, -0.2) is 0 Å². The zero-order chi connectivity index (χ0) is 21.6. The first-order chi connectivity index (χ1) is 15.2. The normalized spacial score (nSPS) is 15.4. The Morgan fingerprint density at radius 2 is 1.90 bits per heavy atom. The molecule has 1 saturated heterocycles. The summed E-state index contributed by atoms with van der Waals surface area (Å²) in [5.74, 6) is 0.745. The van der Waals surface area contributed by atoms with Crippen molar-refractivity contribution in [2.24, 2.45) is 0 Å². The van der Waals surface area contributed by atoms with Gasteiger partial charge in [0.2, 0.25) is 0 Å². The number of hydrogen-bond acceptors (Lipinski definition) is 5. The lowest BCUT2D eigenvalue weighted by Gasteiger charge is -2.35. The van der Waals surface area contributed by atoms with Gasteiger partial charge in [-0.3, -0.25) is 9.69 Å². The first-order valence-electron chi connectivity index (χ1n) is 10.6. The first-order valence-corrected chi connectivity index (χ1v) is 11.5. The number of aryl methyl sites for hydroxylation is 1. The molecule has 3 aromatic rings. The van der Waals surface area contributed by atoms with Gasteiger partial charge in [0.1, 0.15) is 10.8 Å². The fraction of sp³-hybridized carbons (Fsp3) is 0.320. The maximum absolute atomic E-state index is 12.9. The summed E-state index contributed by atoms with van der Waals surface area (Å²) < 4.78 is 11.1. The maximum atomic E-state index is 12.9. The standard InChI is InChI=1S/C25H28N2O3S/c1-3-21-17-22(25(31-21)26-24(28)18-8-5-4-6-9-18)23(27-12-14-30-15-13-27)19-10-7-11-20(16-19)29-2/h4-11,16-17,23H,3,12-15H2,1-2H3,(H,26,28)/t23-/m0/s1. The van der Waals surface area contributed by atoms with Crippen molar-refractivity contribution in [3.05, 3.63) is 82.2 Å². The average Bonchev–Trinajstić information content (AvgIpc) is 3.23. The lowest BCUT2D eigenvalue weighted by molar-refractivity contribution is 0.0241. The van der Waals surface area contributed by atoms with Crippen molar-refractivity contribution in [3.8, 4) is 5.75 Å². The number of nitrogens with zero attached hydrogens (tertiary/aromatic N) is 1. The molecule has 1 amide bonds. The highest BCUT2D eigenvalue weighted by molar-refractivity contribution is 7.16. The Bertz CT molecular complexity index is 1010. The number of benzene rings is 2. The molecule has 5 nitrogen and oxygen atoms in total. The fourth-order valence-corrected chi connectivity index (χ4v) is 4.96. The number of ether oxygens (including phenoxy) is 2. The molecule has 4 rings (SSSR count). The minimum atomic E-state index is -0.0854. The van der Waals surface area contributed by atoms with Crippen LogP contribution in [0.15, 0.2) is 60.7 Å². The Kier molecular flexibility index (Phi) is 7.02. The molecule has 1 aliphatic rings. The van der Waals surface area contributed by atoms with E-state index in [1.54, 1.807) is 18.4 Å². The van der Waals surface area contributed by atoms with Crippen LogP contribution in [0.5, 0.6) is 5.75 Å². The summed E-state index contributed by atoms with van der Waals surface area (Å²) in [4.78, 5) is 16.6. The summed E-state index contributed by atoms with van der Waals surface area (Å²) in [6.45, 7) is 5.23. The second-order valence-corrected chi connectivity index (χ2v) is 8.64. The lowest BCUT2D eigenvalue weighted by atomic mass is 9.97. The number of methoxy groups -OCH3 is 1. The van der Waals surface area contributed by atoms with E-state index in [9.17, 15) is 4.79 Å². The van der Waals surface area contributed by atoms with E-state index < -0.39 is 0 Å². The Balaban J connectivity index is 1.75. The zero-order valence-corrected chi connectivity index (χ0v) is 18.8. The average molecular weight is 437 g/mol. The third-order valence-corrected chi connectivity index (χ3v) is 6.75. The van der Waals surface area contributed by atoms with E-state index in [2.05, 4.69) is 35.3 Å². The lowest BCUT2D eigenvalue weighted by Crippen LogP contribution is -2.39. The highest BCUT2D eigenvalue weighted by Gasteiger charge is 2.29. The highest BCUT2D eigenvalue weighted by atomic mass is 32.1. The van der Waals surface area contributed by atoms with Crippen molar-refractivity contribution in [2.75, 3.05) is 38.7 Å². The van der Waals surface area contributed by atoms with Gasteiger partial charge in [-0.15, -0.1) is 11.3 Å². The molecule has 0 aliphatic carbocycles. The molecule has 1 fully saturated rings. The number of morpholine rings is 1. The highest BCUT2D eigenvalue weighted by Crippen LogP contribution is 2.40. The summed E-state index contributed by atoms with van der Waals surface area (Å²) in [7, 11) is 1.69. The number of rotatable bonds is 7. The van der Waals surface area contributed by atoms with E-state index in [0.717, 1.165) is 41.4 Å². The molecule has 1 atom stereocenters. The summed E-state index contributed by atoms with van der Waals surface area (Å²) >= 11 is 1.66. The van der Waals surface area contributed by atoms with Crippen molar-refractivity contribution in [2.45, 2.75) is 19.4 Å². The second-order valence-electron chi connectivity index (χ2n) is 7.50. The number of anilines is 1. The van der Waals surface area contributed by atoms with Crippen molar-refractivity contribution in [1.29, 1.82) is 0 Å². The number of carbonyl (C=O) groups is 1. The Hall–Kier alpha value is -2.67. The number of thiophene rings is 1. The minimum absolute atomic E-state index is 0.0154. The summed E-state index contributed by atoms with van der Waals surface area (Å²) in [5, 5.41) is 4.10. The third kappa shape index (κ3) is 4.98. The summed E-state index contributed by atoms with van der Waals surface area (Å²) in [6, 6.07) is 19.8. The van der Waals surface area contributed by atoms with Crippen LogP contribution < -0.4 is 10.1 Å². The molecule has 1 N–H and O–H groups in total. The zero-order valence-electron chi connectivity index (χ0n) is 18.0. The molecule has 6 heteroatoms. The smallest absolute Gasteiger partial charge is 0.256 e. The quantitative estimate of drug-likeness (QED) is 0.567. The fourth-order valence-electron chi connectivity index (χ4n) is 3.93. The Morgan fingerprint density at radius 1 is 1.13 bits per heavy atom. The number of carbonyl (C=O) groups excluding carboxylic acids is 1. The maximum Gasteiger partial charge on any atom is 0.256 e. The van der Waals surface area contributed by atoms with Gasteiger partial charge < -0.3 is 14.8 Å². The monoisotopic (exact) mass is 436 g/mol. The van der Waals surface area contributed by atoms with Crippen LogP contribution >= 0.6 is 11.3 Å². The molecule has 0 unspecified atom stereocenters. The van der Waals surface area contributed by atoms with Gasteiger partial charge in [-0.1, -0.05) is 37.3 Å². The number of nitrogens with one attached hydrogen (secondary N) is 1. The van der Waals surface area contributed by atoms with Gasteiger partial charge in [0.05, 0.1) is 26.4 Å².